The number of carbonyl (C=O) groups excluding carboxylic acids is 2. The molecule has 0 aliphatic carbocycles. The molecular formula is C22H22N4O2. The Hall–Kier alpha value is -3.54. The first-order valence-electron chi connectivity index (χ1n) is 9.09. The molecule has 0 atom stereocenters. The van der Waals surface area contributed by atoms with E-state index in [2.05, 4.69) is 34.4 Å². The second kappa shape index (κ2) is 8.90. The quantitative estimate of drug-likeness (QED) is 0.688. The molecule has 0 saturated carbocycles. The predicted octanol–water partition coefficient (Wildman–Crippen LogP) is 3.78. The maximum atomic E-state index is 12.6. The number of anilines is 1. The van der Waals surface area contributed by atoms with E-state index in [1.807, 2.05) is 42.5 Å². The van der Waals surface area contributed by atoms with E-state index in [9.17, 15) is 9.59 Å². The van der Waals surface area contributed by atoms with Crippen molar-refractivity contribution in [2.75, 3.05) is 5.32 Å². The lowest BCUT2D eigenvalue weighted by Gasteiger charge is -2.13. The number of rotatable bonds is 6. The molecular weight excluding hydrogens is 352 g/mol. The first kappa shape index (κ1) is 19.2. The molecule has 28 heavy (non-hydrogen) atoms. The van der Waals surface area contributed by atoms with Crippen molar-refractivity contribution in [3.63, 3.8) is 0 Å². The van der Waals surface area contributed by atoms with E-state index in [4.69, 9.17) is 0 Å². The fourth-order valence-electron chi connectivity index (χ4n) is 2.77. The van der Waals surface area contributed by atoms with Gasteiger partial charge in [-0.2, -0.15) is 0 Å². The lowest BCUT2D eigenvalue weighted by Crippen LogP contribution is -2.24. The van der Waals surface area contributed by atoms with Crippen LogP contribution in [0.4, 0.5) is 5.69 Å². The van der Waals surface area contributed by atoms with E-state index in [1.165, 1.54) is 12.3 Å². The second-order valence-electron chi connectivity index (χ2n) is 6.63. The van der Waals surface area contributed by atoms with Gasteiger partial charge in [0.25, 0.3) is 11.8 Å². The van der Waals surface area contributed by atoms with Crippen LogP contribution in [-0.2, 0) is 6.54 Å². The van der Waals surface area contributed by atoms with Gasteiger partial charge in [-0.15, -0.1) is 0 Å². The Morgan fingerprint density at radius 1 is 0.929 bits per heavy atom. The van der Waals surface area contributed by atoms with Gasteiger partial charge < -0.3 is 10.6 Å². The fraction of sp³-hybridized carbons (Fsp3) is 0.182. The molecule has 1 aromatic carbocycles. The summed E-state index contributed by atoms with van der Waals surface area (Å²) >= 11 is 0. The molecule has 0 fully saturated rings. The molecule has 0 aliphatic rings. The molecule has 2 heterocycles. The van der Waals surface area contributed by atoms with Gasteiger partial charge >= 0.3 is 0 Å². The van der Waals surface area contributed by atoms with Crippen LogP contribution in [0.3, 0.4) is 0 Å². The molecule has 0 bridgehead atoms. The number of para-hydroxylation sites is 1. The molecule has 2 N–H and O–H groups in total. The zero-order valence-corrected chi connectivity index (χ0v) is 15.8. The maximum absolute atomic E-state index is 12.6. The van der Waals surface area contributed by atoms with E-state index in [-0.39, 0.29) is 23.4 Å². The second-order valence-corrected chi connectivity index (χ2v) is 6.63. The van der Waals surface area contributed by atoms with Gasteiger partial charge in [0.2, 0.25) is 0 Å². The summed E-state index contributed by atoms with van der Waals surface area (Å²) in [6.45, 7) is 4.44. The van der Waals surface area contributed by atoms with E-state index < -0.39 is 0 Å². The molecule has 6 heteroatoms. The SMILES string of the molecule is CC(C)c1ccccc1NC(=O)c1cc(C(=O)NCc2ccccn2)ccn1. The van der Waals surface area contributed by atoms with Gasteiger partial charge in [-0.25, -0.2) is 0 Å². The van der Waals surface area contributed by atoms with Crippen molar-refractivity contribution in [2.24, 2.45) is 0 Å². The Balaban J connectivity index is 1.70. The van der Waals surface area contributed by atoms with E-state index in [0.29, 0.717) is 12.1 Å². The maximum Gasteiger partial charge on any atom is 0.274 e. The molecule has 142 valence electrons. The van der Waals surface area contributed by atoms with Crippen molar-refractivity contribution >= 4 is 17.5 Å². The number of aromatic nitrogens is 2. The number of benzene rings is 1. The largest absolute Gasteiger partial charge is 0.346 e. The van der Waals surface area contributed by atoms with Crippen molar-refractivity contribution in [1.82, 2.24) is 15.3 Å². The minimum absolute atomic E-state index is 0.184. The average molecular weight is 374 g/mol. The van der Waals surface area contributed by atoms with Crippen LogP contribution in [0.25, 0.3) is 0 Å². The van der Waals surface area contributed by atoms with Gasteiger partial charge in [-0.05, 0) is 41.8 Å². The van der Waals surface area contributed by atoms with E-state index in [0.717, 1.165) is 16.9 Å². The minimum atomic E-state index is -0.354. The van der Waals surface area contributed by atoms with Crippen LogP contribution in [0, 0.1) is 0 Å². The van der Waals surface area contributed by atoms with Crippen LogP contribution < -0.4 is 10.6 Å². The molecule has 2 aromatic heterocycles. The number of carbonyl (C=O) groups is 2. The van der Waals surface area contributed by atoms with Gasteiger partial charge in [0.15, 0.2) is 0 Å². The van der Waals surface area contributed by atoms with Gasteiger partial charge in [0.1, 0.15) is 5.69 Å². The van der Waals surface area contributed by atoms with E-state index in [1.54, 1.807) is 12.3 Å². The Morgan fingerprint density at radius 2 is 1.71 bits per heavy atom. The zero-order valence-electron chi connectivity index (χ0n) is 15.8. The third-order valence-corrected chi connectivity index (χ3v) is 4.24. The van der Waals surface area contributed by atoms with E-state index >= 15 is 0 Å². The van der Waals surface area contributed by atoms with Gasteiger partial charge in [0.05, 0.1) is 12.2 Å². The first-order chi connectivity index (χ1) is 13.5. The smallest absolute Gasteiger partial charge is 0.274 e. The summed E-state index contributed by atoms with van der Waals surface area (Å²) in [6.07, 6.45) is 3.13. The summed E-state index contributed by atoms with van der Waals surface area (Å²) in [5, 5.41) is 5.68. The summed E-state index contributed by atoms with van der Waals surface area (Å²) in [6, 6.07) is 16.2. The molecule has 2 amide bonds. The Labute approximate surface area is 164 Å². The molecule has 0 radical (unpaired) electrons. The number of nitrogens with zero attached hydrogens (tertiary/aromatic N) is 2. The summed E-state index contributed by atoms with van der Waals surface area (Å²) in [5.74, 6) is -0.370. The first-order valence-corrected chi connectivity index (χ1v) is 9.09. The third kappa shape index (κ3) is 4.79. The van der Waals surface area contributed by atoms with Crippen LogP contribution in [0.15, 0.2) is 67.0 Å². The standard InChI is InChI=1S/C22H22N4O2/c1-15(2)18-8-3-4-9-19(18)26-22(28)20-13-16(10-12-24-20)21(27)25-14-17-7-5-6-11-23-17/h3-13,15H,14H2,1-2H3,(H,25,27)(H,26,28). The number of nitrogens with one attached hydrogen (secondary N) is 2. The summed E-state index contributed by atoms with van der Waals surface area (Å²) in [4.78, 5) is 33.3. The summed E-state index contributed by atoms with van der Waals surface area (Å²) in [7, 11) is 0. The van der Waals surface area contributed by atoms with Gasteiger partial charge in [-0.1, -0.05) is 38.1 Å². The van der Waals surface area contributed by atoms with Crippen molar-refractivity contribution < 1.29 is 9.59 Å². The van der Waals surface area contributed by atoms with Crippen LogP contribution in [0.1, 0.15) is 51.9 Å². The number of hydrogen-bond acceptors (Lipinski definition) is 4. The Bertz CT molecular complexity index is 971. The highest BCUT2D eigenvalue weighted by molar-refractivity contribution is 6.05. The Morgan fingerprint density at radius 3 is 2.46 bits per heavy atom. The average Bonchev–Trinajstić information content (AvgIpc) is 2.73. The molecule has 3 rings (SSSR count). The summed E-state index contributed by atoms with van der Waals surface area (Å²) < 4.78 is 0. The minimum Gasteiger partial charge on any atom is -0.346 e. The highest BCUT2D eigenvalue weighted by atomic mass is 16.2. The predicted molar refractivity (Wildman–Crippen MR) is 108 cm³/mol. The van der Waals surface area contributed by atoms with Crippen LogP contribution in [-0.4, -0.2) is 21.8 Å². The number of pyridine rings is 2. The topological polar surface area (TPSA) is 84.0 Å². The molecule has 0 saturated heterocycles. The Kier molecular flexibility index (Phi) is 6.11. The lowest BCUT2D eigenvalue weighted by molar-refractivity contribution is 0.0950. The monoisotopic (exact) mass is 374 g/mol. The van der Waals surface area contributed by atoms with Crippen LogP contribution in [0.5, 0.6) is 0 Å². The third-order valence-electron chi connectivity index (χ3n) is 4.24. The van der Waals surface area contributed by atoms with Crippen LogP contribution >= 0.6 is 0 Å². The molecule has 0 aliphatic heterocycles. The molecule has 6 nitrogen and oxygen atoms in total. The van der Waals surface area contributed by atoms with Crippen molar-refractivity contribution in [2.45, 2.75) is 26.3 Å². The number of amides is 2. The molecule has 3 aromatic rings. The van der Waals surface area contributed by atoms with Crippen LogP contribution in [0.2, 0.25) is 0 Å². The highest BCUT2D eigenvalue weighted by Crippen LogP contribution is 2.24. The number of hydrogen-bond donors (Lipinski definition) is 2. The normalized spacial score (nSPS) is 10.5. The molecule has 0 spiro atoms. The summed E-state index contributed by atoms with van der Waals surface area (Å²) in [5.41, 5.74) is 3.10. The van der Waals surface area contributed by atoms with Crippen molar-refractivity contribution in [3.05, 3.63) is 89.5 Å². The molecule has 0 unspecified atom stereocenters. The lowest BCUT2D eigenvalue weighted by atomic mass is 10.0. The highest BCUT2D eigenvalue weighted by Gasteiger charge is 2.14. The van der Waals surface area contributed by atoms with Gasteiger partial charge in [-0.3, -0.25) is 19.6 Å². The van der Waals surface area contributed by atoms with Gasteiger partial charge in [0, 0.05) is 23.6 Å². The zero-order chi connectivity index (χ0) is 19.9. The van der Waals surface area contributed by atoms with Crippen molar-refractivity contribution in [1.29, 1.82) is 0 Å². The fourth-order valence-corrected chi connectivity index (χ4v) is 2.77. The van der Waals surface area contributed by atoms with Crippen molar-refractivity contribution in [3.8, 4) is 0 Å².